The van der Waals surface area contributed by atoms with Crippen LogP contribution in [0.1, 0.15) is 32.1 Å². The van der Waals surface area contributed by atoms with Crippen molar-refractivity contribution in [2.24, 2.45) is 11.7 Å². The molecule has 1 amide bonds. The molecule has 4 nitrogen and oxygen atoms in total. The molecule has 0 aromatic heterocycles. The zero-order valence-electron chi connectivity index (χ0n) is 8.58. The number of Topliss-reactive ketones (excluding diaryl/α,β-unsaturated/α-hetero) is 1. The highest BCUT2D eigenvalue weighted by Gasteiger charge is 2.31. The molecule has 0 saturated heterocycles. The largest absolute Gasteiger partial charge is 0.438 e. The Morgan fingerprint density at radius 3 is 2.40 bits per heavy atom. The SMILES string of the molecule is NC(=O)OC(C(=O)CI)C1CCCCC1. The molecule has 0 heterocycles. The van der Waals surface area contributed by atoms with E-state index in [0.29, 0.717) is 4.43 Å². The number of rotatable bonds is 4. The lowest BCUT2D eigenvalue weighted by molar-refractivity contribution is -0.127. The van der Waals surface area contributed by atoms with E-state index in [4.69, 9.17) is 10.5 Å². The molecule has 1 atom stereocenters. The second-order valence-electron chi connectivity index (χ2n) is 3.86. The van der Waals surface area contributed by atoms with Crippen LogP contribution in [0.25, 0.3) is 0 Å². The van der Waals surface area contributed by atoms with Crippen LogP contribution in [0.2, 0.25) is 0 Å². The average Bonchev–Trinajstić information content (AvgIpc) is 2.26. The number of amides is 1. The summed E-state index contributed by atoms with van der Waals surface area (Å²) in [5.41, 5.74) is 4.98. The van der Waals surface area contributed by atoms with Crippen LogP contribution in [-0.2, 0) is 9.53 Å². The van der Waals surface area contributed by atoms with Gasteiger partial charge in [-0.1, -0.05) is 41.9 Å². The number of carbonyl (C=O) groups is 2. The molecule has 1 rings (SSSR count). The summed E-state index contributed by atoms with van der Waals surface area (Å²) in [6, 6.07) is 0. The lowest BCUT2D eigenvalue weighted by Gasteiger charge is -2.27. The third kappa shape index (κ3) is 3.96. The highest BCUT2D eigenvalue weighted by Crippen LogP contribution is 2.28. The van der Waals surface area contributed by atoms with Crippen molar-refractivity contribution in [3.8, 4) is 0 Å². The Kier molecular flexibility index (Phi) is 5.35. The van der Waals surface area contributed by atoms with Gasteiger partial charge in [0.15, 0.2) is 11.9 Å². The lowest BCUT2D eigenvalue weighted by atomic mass is 9.84. The molecule has 2 N–H and O–H groups in total. The summed E-state index contributed by atoms with van der Waals surface area (Å²) in [6.07, 6.45) is 3.89. The van der Waals surface area contributed by atoms with E-state index in [-0.39, 0.29) is 11.7 Å². The number of ketones is 1. The minimum absolute atomic E-state index is 0.0266. The van der Waals surface area contributed by atoms with Gasteiger partial charge in [-0.2, -0.15) is 0 Å². The maximum Gasteiger partial charge on any atom is 0.405 e. The van der Waals surface area contributed by atoms with Gasteiger partial charge in [0.2, 0.25) is 0 Å². The third-order valence-corrected chi connectivity index (χ3v) is 3.52. The van der Waals surface area contributed by atoms with Gasteiger partial charge >= 0.3 is 6.09 Å². The monoisotopic (exact) mass is 325 g/mol. The third-order valence-electron chi connectivity index (χ3n) is 2.77. The average molecular weight is 325 g/mol. The highest BCUT2D eigenvalue weighted by atomic mass is 127. The second-order valence-corrected chi connectivity index (χ2v) is 4.62. The van der Waals surface area contributed by atoms with E-state index in [2.05, 4.69) is 0 Å². The van der Waals surface area contributed by atoms with Gasteiger partial charge in [0.25, 0.3) is 0 Å². The van der Waals surface area contributed by atoms with Gasteiger partial charge in [0, 0.05) is 5.92 Å². The van der Waals surface area contributed by atoms with Gasteiger partial charge < -0.3 is 10.5 Å². The molecule has 0 aliphatic heterocycles. The molecule has 0 spiro atoms. The standard InChI is InChI=1S/C10H16INO3/c11-6-8(13)9(15-10(12)14)7-4-2-1-3-5-7/h7,9H,1-6H2,(H2,12,14). The fourth-order valence-electron chi connectivity index (χ4n) is 2.06. The van der Waals surface area contributed by atoms with Gasteiger partial charge in [-0.25, -0.2) is 4.79 Å². The van der Waals surface area contributed by atoms with Crippen LogP contribution in [0.15, 0.2) is 0 Å². The lowest BCUT2D eigenvalue weighted by Crippen LogP contribution is -2.38. The van der Waals surface area contributed by atoms with E-state index >= 15 is 0 Å². The van der Waals surface area contributed by atoms with Crippen LogP contribution in [0.4, 0.5) is 4.79 Å². The Bertz CT molecular complexity index is 239. The van der Waals surface area contributed by atoms with Crippen LogP contribution >= 0.6 is 22.6 Å². The van der Waals surface area contributed by atoms with Crippen molar-refractivity contribution in [2.75, 3.05) is 4.43 Å². The fraction of sp³-hybridized carbons (Fsp3) is 0.800. The molecule has 5 heteroatoms. The molecule has 0 radical (unpaired) electrons. The van der Waals surface area contributed by atoms with Crippen molar-refractivity contribution in [2.45, 2.75) is 38.2 Å². The van der Waals surface area contributed by atoms with Crippen molar-refractivity contribution in [3.63, 3.8) is 0 Å². The predicted molar refractivity (Wildman–Crippen MR) is 64.9 cm³/mol. The molecular formula is C10H16INO3. The van der Waals surface area contributed by atoms with Crippen molar-refractivity contribution in [1.29, 1.82) is 0 Å². The predicted octanol–water partition coefficient (Wildman–Crippen LogP) is 2.03. The van der Waals surface area contributed by atoms with E-state index in [9.17, 15) is 9.59 Å². The molecule has 1 saturated carbocycles. The van der Waals surface area contributed by atoms with Crippen LogP contribution < -0.4 is 5.73 Å². The number of hydrogen-bond acceptors (Lipinski definition) is 3. The molecule has 0 aromatic carbocycles. The molecule has 15 heavy (non-hydrogen) atoms. The van der Waals surface area contributed by atoms with E-state index < -0.39 is 12.2 Å². The van der Waals surface area contributed by atoms with Crippen molar-refractivity contribution in [3.05, 3.63) is 0 Å². The van der Waals surface area contributed by atoms with E-state index in [1.54, 1.807) is 0 Å². The second kappa shape index (κ2) is 6.30. The molecule has 1 aliphatic rings. The van der Waals surface area contributed by atoms with Crippen LogP contribution in [-0.4, -0.2) is 22.4 Å². The highest BCUT2D eigenvalue weighted by molar-refractivity contribution is 14.1. The number of hydrogen-bond donors (Lipinski definition) is 1. The Labute approximate surface area is 103 Å². The first-order chi connectivity index (χ1) is 7.15. The zero-order chi connectivity index (χ0) is 11.3. The quantitative estimate of drug-likeness (QED) is 0.635. The van der Waals surface area contributed by atoms with Gasteiger partial charge in [0.05, 0.1) is 4.43 Å². The maximum atomic E-state index is 11.6. The van der Waals surface area contributed by atoms with Crippen LogP contribution in [0, 0.1) is 5.92 Å². The summed E-state index contributed by atoms with van der Waals surface area (Å²) in [5.74, 6) is 0.148. The van der Waals surface area contributed by atoms with Crippen molar-refractivity contribution < 1.29 is 14.3 Å². The van der Waals surface area contributed by atoms with Crippen molar-refractivity contribution >= 4 is 34.5 Å². The molecule has 86 valence electrons. The van der Waals surface area contributed by atoms with Gasteiger partial charge in [0.1, 0.15) is 0 Å². The fourth-order valence-corrected chi connectivity index (χ4v) is 2.50. The van der Waals surface area contributed by atoms with Gasteiger partial charge in [-0.3, -0.25) is 4.79 Å². The topological polar surface area (TPSA) is 69.4 Å². The van der Waals surface area contributed by atoms with Gasteiger partial charge in [-0.15, -0.1) is 0 Å². The first-order valence-corrected chi connectivity index (χ1v) is 6.72. The number of alkyl halides is 1. The number of nitrogens with two attached hydrogens (primary N) is 1. The molecular weight excluding hydrogens is 309 g/mol. The molecule has 0 bridgehead atoms. The first kappa shape index (κ1) is 12.7. The first-order valence-electron chi connectivity index (χ1n) is 5.20. The van der Waals surface area contributed by atoms with Gasteiger partial charge in [-0.05, 0) is 12.8 Å². The van der Waals surface area contributed by atoms with E-state index in [1.165, 1.54) is 6.42 Å². The summed E-state index contributed by atoms with van der Waals surface area (Å²) in [6.45, 7) is 0. The van der Waals surface area contributed by atoms with Crippen molar-refractivity contribution in [1.82, 2.24) is 0 Å². The Balaban J connectivity index is 2.60. The minimum atomic E-state index is -0.844. The molecule has 0 aromatic rings. The summed E-state index contributed by atoms with van der Waals surface area (Å²) >= 11 is 1.99. The maximum absolute atomic E-state index is 11.6. The van der Waals surface area contributed by atoms with E-state index in [0.717, 1.165) is 25.7 Å². The van der Waals surface area contributed by atoms with Crippen LogP contribution in [0.3, 0.4) is 0 Å². The summed E-state index contributed by atoms with van der Waals surface area (Å²) in [7, 11) is 0. The minimum Gasteiger partial charge on any atom is -0.438 e. The van der Waals surface area contributed by atoms with E-state index in [1.807, 2.05) is 22.6 Å². The normalized spacial score (nSPS) is 19.5. The Hall–Kier alpha value is -0.330. The molecule has 1 unspecified atom stereocenters. The summed E-state index contributed by atoms with van der Waals surface area (Å²) in [4.78, 5) is 22.3. The Morgan fingerprint density at radius 2 is 1.93 bits per heavy atom. The Morgan fingerprint density at radius 1 is 1.33 bits per heavy atom. The number of halogens is 1. The summed E-state index contributed by atoms with van der Waals surface area (Å²) in [5, 5.41) is 0. The molecule has 1 aliphatic carbocycles. The number of primary amides is 1. The molecule has 1 fully saturated rings. The smallest absolute Gasteiger partial charge is 0.405 e. The van der Waals surface area contributed by atoms with Crippen LogP contribution in [0.5, 0.6) is 0 Å². The zero-order valence-corrected chi connectivity index (χ0v) is 10.7. The summed E-state index contributed by atoms with van der Waals surface area (Å²) < 4.78 is 5.29. The number of ether oxygens (including phenoxy) is 1. The number of carbonyl (C=O) groups excluding carboxylic acids is 2.